The Morgan fingerprint density at radius 1 is 1.40 bits per heavy atom. The molecule has 1 nitrogen and oxygen atoms in total. The molecule has 0 bridgehead atoms. The van der Waals surface area contributed by atoms with E-state index in [1.807, 2.05) is 12.1 Å². The highest BCUT2D eigenvalue weighted by Crippen LogP contribution is 2.25. The van der Waals surface area contributed by atoms with E-state index in [4.69, 9.17) is 0 Å². The Morgan fingerprint density at radius 2 is 2.13 bits per heavy atom. The zero-order valence-corrected chi connectivity index (χ0v) is 10.8. The Bertz CT molecular complexity index is 314. The molecule has 1 aromatic rings. The Hall–Kier alpha value is -0.410. The van der Waals surface area contributed by atoms with Gasteiger partial charge in [-0.15, -0.1) is 0 Å². The highest BCUT2D eigenvalue weighted by molar-refractivity contribution is 9.10. The topological polar surface area (TPSA) is 12.0 Å². The molecule has 84 valence electrons. The van der Waals surface area contributed by atoms with E-state index in [9.17, 15) is 4.39 Å². The average molecular weight is 274 g/mol. The predicted octanol–water partition coefficient (Wildman–Crippen LogP) is 4.04. The van der Waals surface area contributed by atoms with Crippen LogP contribution in [0.3, 0.4) is 0 Å². The van der Waals surface area contributed by atoms with Crippen molar-refractivity contribution in [3.8, 4) is 0 Å². The Kier molecular flexibility index (Phi) is 5.26. The highest BCUT2D eigenvalue weighted by Gasteiger charge is 2.14. The molecule has 3 heteroatoms. The third-order valence-corrected chi connectivity index (χ3v) is 3.02. The molecule has 0 aliphatic heterocycles. The van der Waals surface area contributed by atoms with Crippen molar-refractivity contribution >= 4 is 15.9 Å². The summed E-state index contributed by atoms with van der Waals surface area (Å²) in [7, 11) is 0. The smallest absolute Gasteiger partial charge is 0.142 e. The quantitative estimate of drug-likeness (QED) is 0.854. The van der Waals surface area contributed by atoms with Crippen LogP contribution in [0.1, 0.15) is 38.3 Å². The third kappa shape index (κ3) is 3.28. The van der Waals surface area contributed by atoms with E-state index in [-0.39, 0.29) is 11.9 Å². The van der Waals surface area contributed by atoms with Crippen LogP contribution in [0, 0.1) is 5.82 Å². The van der Waals surface area contributed by atoms with Gasteiger partial charge in [-0.05, 0) is 41.4 Å². The molecule has 0 aliphatic rings. The van der Waals surface area contributed by atoms with Crippen molar-refractivity contribution in [2.75, 3.05) is 6.54 Å². The van der Waals surface area contributed by atoms with Crippen molar-refractivity contribution in [3.63, 3.8) is 0 Å². The Labute approximate surface area is 99.2 Å². The summed E-state index contributed by atoms with van der Waals surface area (Å²) >= 11 is 3.21. The van der Waals surface area contributed by atoms with Gasteiger partial charge in [0, 0.05) is 11.6 Å². The number of rotatable bonds is 5. The molecule has 0 amide bonds. The summed E-state index contributed by atoms with van der Waals surface area (Å²) in [6.45, 7) is 5.09. The predicted molar refractivity (Wildman–Crippen MR) is 65.4 cm³/mol. The number of hydrogen-bond donors (Lipinski definition) is 1. The normalized spacial score (nSPS) is 12.8. The van der Waals surface area contributed by atoms with Gasteiger partial charge >= 0.3 is 0 Å². The van der Waals surface area contributed by atoms with Crippen LogP contribution in [0.2, 0.25) is 0 Å². The molecule has 0 aliphatic carbocycles. The number of benzene rings is 1. The Balaban J connectivity index is 2.86. The molecule has 1 atom stereocenters. The van der Waals surface area contributed by atoms with Crippen LogP contribution in [0.4, 0.5) is 4.39 Å². The van der Waals surface area contributed by atoms with E-state index in [0.29, 0.717) is 4.47 Å². The van der Waals surface area contributed by atoms with E-state index < -0.39 is 0 Å². The molecule has 0 spiro atoms. The lowest BCUT2D eigenvalue weighted by molar-refractivity contribution is 0.487. The van der Waals surface area contributed by atoms with Gasteiger partial charge in [0.05, 0.1) is 4.47 Å². The van der Waals surface area contributed by atoms with Crippen molar-refractivity contribution in [3.05, 3.63) is 34.1 Å². The van der Waals surface area contributed by atoms with Crippen molar-refractivity contribution < 1.29 is 4.39 Å². The summed E-state index contributed by atoms with van der Waals surface area (Å²) in [6, 6.07) is 5.56. The average Bonchev–Trinajstić information content (AvgIpc) is 2.25. The molecule has 0 saturated heterocycles. The lowest BCUT2D eigenvalue weighted by atomic mass is 10.0. The second kappa shape index (κ2) is 6.23. The number of hydrogen-bond acceptors (Lipinski definition) is 1. The summed E-state index contributed by atoms with van der Waals surface area (Å²) in [5.41, 5.74) is 0.750. The van der Waals surface area contributed by atoms with Crippen LogP contribution in [-0.4, -0.2) is 6.54 Å². The van der Waals surface area contributed by atoms with Gasteiger partial charge in [0.2, 0.25) is 0 Å². The highest BCUT2D eigenvalue weighted by atomic mass is 79.9. The third-order valence-electron chi connectivity index (χ3n) is 2.41. The van der Waals surface area contributed by atoms with E-state index in [1.54, 1.807) is 6.07 Å². The molecule has 0 aromatic heterocycles. The Morgan fingerprint density at radius 3 is 2.73 bits per heavy atom. The molecular formula is C12H17BrFN. The van der Waals surface area contributed by atoms with Gasteiger partial charge in [0.15, 0.2) is 0 Å². The first-order chi connectivity index (χ1) is 7.20. The molecule has 1 aromatic carbocycles. The van der Waals surface area contributed by atoms with Gasteiger partial charge in [-0.25, -0.2) is 4.39 Å². The monoisotopic (exact) mass is 273 g/mol. The van der Waals surface area contributed by atoms with Crippen LogP contribution >= 0.6 is 15.9 Å². The summed E-state index contributed by atoms with van der Waals surface area (Å²) < 4.78 is 14.3. The number of nitrogens with one attached hydrogen (secondary N) is 1. The second-order valence-corrected chi connectivity index (χ2v) is 4.41. The fourth-order valence-electron chi connectivity index (χ4n) is 1.58. The molecule has 1 N–H and O–H groups in total. The first-order valence-electron chi connectivity index (χ1n) is 5.38. The van der Waals surface area contributed by atoms with Gasteiger partial charge in [0.25, 0.3) is 0 Å². The molecule has 0 fully saturated rings. The molecule has 0 heterocycles. The zero-order valence-electron chi connectivity index (χ0n) is 9.19. The van der Waals surface area contributed by atoms with E-state index in [2.05, 4.69) is 35.1 Å². The summed E-state index contributed by atoms with van der Waals surface area (Å²) in [6.07, 6.45) is 1.96. The SMILES string of the molecule is CCCNC(CC)c1cccc(Br)c1F. The van der Waals surface area contributed by atoms with E-state index in [0.717, 1.165) is 24.9 Å². The second-order valence-electron chi connectivity index (χ2n) is 3.56. The van der Waals surface area contributed by atoms with Crippen molar-refractivity contribution in [1.82, 2.24) is 5.32 Å². The lowest BCUT2D eigenvalue weighted by Gasteiger charge is -2.18. The first kappa shape index (κ1) is 12.7. The van der Waals surface area contributed by atoms with Crippen molar-refractivity contribution in [2.24, 2.45) is 0 Å². The van der Waals surface area contributed by atoms with Gasteiger partial charge in [0.1, 0.15) is 5.82 Å². The molecule has 15 heavy (non-hydrogen) atoms. The minimum Gasteiger partial charge on any atom is -0.310 e. The van der Waals surface area contributed by atoms with Crippen LogP contribution in [-0.2, 0) is 0 Å². The molecule has 1 unspecified atom stereocenters. The van der Waals surface area contributed by atoms with Crippen molar-refractivity contribution in [1.29, 1.82) is 0 Å². The van der Waals surface area contributed by atoms with E-state index in [1.165, 1.54) is 0 Å². The standard InChI is InChI=1S/C12H17BrFN/c1-3-8-15-11(4-2)9-6-5-7-10(13)12(9)14/h5-7,11,15H,3-4,8H2,1-2H3. The number of halogens is 2. The zero-order chi connectivity index (χ0) is 11.3. The minimum atomic E-state index is -0.145. The fraction of sp³-hybridized carbons (Fsp3) is 0.500. The summed E-state index contributed by atoms with van der Waals surface area (Å²) in [5, 5.41) is 3.34. The molecule has 0 saturated carbocycles. The van der Waals surface area contributed by atoms with Crippen LogP contribution in [0.15, 0.2) is 22.7 Å². The minimum absolute atomic E-state index is 0.113. The molecule has 0 radical (unpaired) electrons. The fourth-order valence-corrected chi connectivity index (χ4v) is 1.96. The maximum Gasteiger partial charge on any atom is 0.142 e. The largest absolute Gasteiger partial charge is 0.310 e. The summed E-state index contributed by atoms with van der Waals surface area (Å²) in [5.74, 6) is -0.145. The van der Waals surface area contributed by atoms with Crippen LogP contribution in [0.5, 0.6) is 0 Å². The van der Waals surface area contributed by atoms with Gasteiger partial charge in [-0.2, -0.15) is 0 Å². The maximum absolute atomic E-state index is 13.8. The van der Waals surface area contributed by atoms with Gasteiger partial charge in [-0.1, -0.05) is 26.0 Å². The first-order valence-corrected chi connectivity index (χ1v) is 6.17. The van der Waals surface area contributed by atoms with E-state index >= 15 is 0 Å². The van der Waals surface area contributed by atoms with Gasteiger partial charge < -0.3 is 5.32 Å². The maximum atomic E-state index is 13.8. The lowest BCUT2D eigenvalue weighted by Crippen LogP contribution is -2.22. The van der Waals surface area contributed by atoms with Crippen LogP contribution in [0.25, 0.3) is 0 Å². The summed E-state index contributed by atoms with van der Waals surface area (Å²) in [4.78, 5) is 0. The van der Waals surface area contributed by atoms with Gasteiger partial charge in [-0.3, -0.25) is 0 Å². The molecular weight excluding hydrogens is 257 g/mol. The van der Waals surface area contributed by atoms with Crippen LogP contribution < -0.4 is 5.32 Å². The molecule has 1 rings (SSSR count). The van der Waals surface area contributed by atoms with Crippen molar-refractivity contribution in [2.45, 2.75) is 32.7 Å².